The van der Waals surface area contributed by atoms with Crippen LogP contribution in [0.5, 0.6) is 0 Å². The molecule has 2 aromatic rings. The number of carbonyl (C=O) groups excluding carboxylic acids is 1. The molecule has 0 saturated carbocycles. The topological polar surface area (TPSA) is 85.4 Å². The molecule has 8 heteroatoms. The minimum absolute atomic E-state index is 0.0419. The molecule has 1 aliphatic rings. The van der Waals surface area contributed by atoms with Crippen molar-refractivity contribution in [2.24, 2.45) is 0 Å². The van der Waals surface area contributed by atoms with E-state index in [1.54, 1.807) is 13.4 Å². The molecule has 3 rings (SSSR count). The fourth-order valence-electron chi connectivity index (χ4n) is 3.06. The van der Waals surface area contributed by atoms with Crippen molar-refractivity contribution in [1.29, 1.82) is 0 Å². The third kappa shape index (κ3) is 4.46. The highest BCUT2D eigenvalue weighted by molar-refractivity contribution is 5.76. The van der Waals surface area contributed by atoms with Gasteiger partial charge in [0.05, 0.1) is 25.5 Å². The van der Waals surface area contributed by atoms with Gasteiger partial charge in [-0.15, -0.1) is 10.2 Å². The van der Waals surface area contributed by atoms with Crippen molar-refractivity contribution < 1.29 is 13.9 Å². The average Bonchev–Trinajstić information content (AvgIpc) is 3.21. The lowest BCUT2D eigenvalue weighted by Gasteiger charge is -2.19. The zero-order valence-electron chi connectivity index (χ0n) is 14.8. The lowest BCUT2D eigenvalue weighted by molar-refractivity contribution is -0.122. The molecular formula is C17H25N5O3. The number of carbonyl (C=O) groups is 1. The van der Waals surface area contributed by atoms with E-state index in [0.717, 1.165) is 50.0 Å². The molecular weight excluding hydrogens is 322 g/mol. The van der Waals surface area contributed by atoms with Crippen molar-refractivity contribution in [3.05, 3.63) is 35.8 Å². The molecule has 136 valence electrons. The quantitative estimate of drug-likeness (QED) is 0.808. The van der Waals surface area contributed by atoms with E-state index >= 15 is 0 Å². The Hall–Kier alpha value is -2.19. The van der Waals surface area contributed by atoms with Crippen LogP contribution in [0.25, 0.3) is 0 Å². The van der Waals surface area contributed by atoms with Crippen LogP contribution >= 0.6 is 0 Å². The molecule has 0 unspecified atom stereocenters. The van der Waals surface area contributed by atoms with Gasteiger partial charge in [-0.25, -0.2) is 0 Å². The predicted molar refractivity (Wildman–Crippen MR) is 90.8 cm³/mol. The van der Waals surface area contributed by atoms with Crippen LogP contribution in [0.2, 0.25) is 0 Å². The molecule has 1 atom stereocenters. The molecule has 8 nitrogen and oxygen atoms in total. The summed E-state index contributed by atoms with van der Waals surface area (Å²) in [4.78, 5) is 14.3. The van der Waals surface area contributed by atoms with Crippen molar-refractivity contribution in [2.45, 2.75) is 38.9 Å². The Morgan fingerprint density at radius 1 is 1.40 bits per heavy atom. The van der Waals surface area contributed by atoms with Crippen LogP contribution < -0.4 is 5.32 Å². The standard InChI is InChI=1S/C17H25N5O3/c1-13(18-16(23)6-11-24-2)17-20-19-15-5-7-21(8-9-22(15)17)12-14-4-3-10-25-14/h3-4,10,13H,5-9,11-12H2,1-2H3,(H,18,23)/t13-/m0/s1. The molecule has 3 heterocycles. The third-order valence-electron chi connectivity index (χ3n) is 4.41. The SMILES string of the molecule is COCCC(=O)N[C@@H](C)c1nnc2n1CCN(Cc1ccco1)CC2. The second-order valence-corrected chi connectivity index (χ2v) is 6.26. The van der Waals surface area contributed by atoms with Gasteiger partial charge < -0.3 is 19.0 Å². The highest BCUT2D eigenvalue weighted by Gasteiger charge is 2.23. The summed E-state index contributed by atoms with van der Waals surface area (Å²) in [6.07, 6.45) is 2.88. The molecule has 1 amide bonds. The number of nitrogens with one attached hydrogen (secondary N) is 1. The van der Waals surface area contributed by atoms with E-state index in [1.165, 1.54) is 0 Å². The summed E-state index contributed by atoms with van der Waals surface area (Å²) in [6, 6.07) is 3.73. The second kappa shape index (κ2) is 8.26. The van der Waals surface area contributed by atoms with Gasteiger partial charge >= 0.3 is 0 Å². The molecule has 2 aromatic heterocycles. The number of nitrogens with zero attached hydrogens (tertiary/aromatic N) is 4. The number of fused-ring (bicyclic) bond motifs is 1. The lowest BCUT2D eigenvalue weighted by atomic mass is 10.3. The van der Waals surface area contributed by atoms with Gasteiger partial charge in [-0.2, -0.15) is 0 Å². The first-order chi connectivity index (χ1) is 12.2. The number of hydrogen-bond acceptors (Lipinski definition) is 6. The van der Waals surface area contributed by atoms with Gasteiger partial charge in [-0.3, -0.25) is 9.69 Å². The van der Waals surface area contributed by atoms with Crippen molar-refractivity contribution in [3.63, 3.8) is 0 Å². The highest BCUT2D eigenvalue weighted by Crippen LogP contribution is 2.17. The van der Waals surface area contributed by atoms with Crippen LogP contribution in [-0.2, 0) is 29.0 Å². The summed E-state index contributed by atoms with van der Waals surface area (Å²) in [7, 11) is 1.59. The van der Waals surface area contributed by atoms with Crippen LogP contribution in [-0.4, -0.2) is 52.4 Å². The Balaban J connectivity index is 1.61. The molecule has 0 radical (unpaired) electrons. The Morgan fingerprint density at radius 2 is 2.28 bits per heavy atom. The zero-order chi connectivity index (χ0) is 17.6. The fourth-order valence-corrected chi connectivity index (χ4v) is 3.06. The Kier molecular flexibility index (Phi) is 5.83. The summed E-state index contributed by atoms with van der Waals surface area (Å²) < 4.78 is 12.5. The maximum Gasteiger partial charge on any atom is 0.222 e. The first kappa shape index (κ1) is 17.6. The van der Waals surface area contributed by atoms with E-state index in [9.17, 15) is 4.79 Å². The Labute approximate surface area is 147 Å². The first-order valence-corrected chi connectivity index (χ1v) is 8.62. The molecule has 0 aromatic carbocycles. The molecule has 0 aliphatic carbocycles. The summed E-state index contributed by atoms with van der Waals surface area (Å²) in [5.41, 5.74) is 0. The molecule has 0 spiro atoms. The summed E-state index contributed by atoms with van der Waals surface area (Å²) >= 11 is 0. The number of furan rings is 1. The number of rotatable bonds is 7. The maximum absolute atomic E-state index is 11.9. The van der Waals surface area contributed by atoms with Gasteiger partial charge in [-0.05, 0) is 19.1 Å². The first-order valence-electron chi connectivity index (χ1n) is 8.62. The summed E-state index contributed by atoms with van der Waals surface area (Å²) in [6.45, 7) is 5.75. The number of aromatic nitrogens is 3. The summed E-state index contributed by atoms with van der Waals surface area (Å²) in [5, 5.41) is 11.6. The van der Waals surface area contributed by atoms with Crippen LogP contribution in [0.4, 0.5) is 0 Å². The van der Waals surface area contributed by atoms with Gasteiger partial charge in [0.25, 0.3) is 0 Å². The molecule has 25 heavy (non-hydrogen) atoms. The van der Waals surface area contributed by atoms with E-state index in [1.807, 2.05) is 19.1 Å². The van der Waals surface area contributed by atoms with Crippen molar-refractivity contribution in [1.82, 2.24) is 25.0 Å². The monoisotopic (exact) mass is 347 g/mol. The molecule has 1 N–H and O–H groups in total. The van der Waals surface area contributed by atoms with Gasteiger partial charge in [-0.1, -0.05) is 0 Å². The largest absolute Gasteiger partial charge is 0.468 e. The minimum Gasteiger partial charge on any atom is -0.468 e. The fraction of sp³-hybridized carbons (Fsp3) is 0.588. The number of ether oxygens (including phenoxy) is 1. The smallest absolute Gasteiger partial charge is 0.222 e. The van der Waals surface area contributed by atoms with E-state index in [0.29, 0.717) is 13.0 Å². The molecule has 1 aliphatic heterocycles. The third-order valence-corrected chi connectivity index (χ3v) is 4.41. The van der Waals surface area contributed by atoms with Crippen LogP contribution in [0.15, 0.2) is 22.8 Å². The van der Waals surface area contributed by atoms with Crippen molar-refractivity contribution >= 4 is 5.91 Å². The van der Waals surface area contributed by atoms with E-state index in [-0.39, 0.29) is 11.9 Å². The number of methoxy groups -OCH3 is 1. The van der Waals surface area contributed by atoms with Gasteiger partial charge in [0.15, 0.2) is 5.82 Å². The van der Waals surface area contributed by atoms with E-state index in [2.05, 4.69) is 25.0 Å². The second-order valence-electron chi connectivity index (χ2n) is 6.26. The molecule has 0 saturated heterocycles. The van der Waals surface area contributed by atoms with Crippen LogP contribution in [0.1, 0.15) is 36.8 Å². The van der Waals surface area contributed by atoms with Crippen molar-refractivity contribution in [3.8, 4) is 0 Å². The molecule has 0 bridgehead atoms. The highest BCUT2D eigenvalue weighted by atomic mass is 16.5. The number of amides is 1. The van der Waals surface area contributed by atoms with E-state index in [4.69, 9.17) is 9.15 Å². The minimum atomic E-state index is -0.178. The summed E-state index contributed by atoms with van der Waals surface area (Å²) in [5.74, 6) is 2.70. The number of hydrogen-bond donors (Lipinski definition) is 1. The normalized spacial score (nSPS) is 16.2. The van der Waals surface area contributed by atoms with Gasteiger partial charge in [0, 0.05) is 39.6 Å². The molecule has 0 fully saturated rings. The van der Waals surface area contributed by atoms with Crippen LogP contribution in [0, 0.1) is 0 Å². The maximum atomic E-state index is 11.9. The average molecular weight is 347 g/mol. The van der Waals surface area contributed by atoms with E-state index < -0.39 is 0 Å². The zero-order valence-corrected chi connectivity index (χ0v) is 14.8. The lowest BCUT2D eigenvalue weighted by Crippen LogP contribution is -2.30. The Morgan fingerprint density at radius 3 is 3.04 bits per heavy atom. The Bertz CT molecular complexity index is 683. The van der Waals surface area contributed by atoms with Gasteiger partial charge in [0.2, 0.25) is 5.91 Å². The van der Waals surface area contributed by atoms with Crippen molar-refractivity contribution in [2.75, 3.05) is 26.8 Å². The van der Waals surface area contributed by atoms with Gasteiger partial charge in [0.1, 0.15) is 11.6 Å². The van der Waals surface area contributed by atoms with Crippen LogP contribution in [0.3, 0.4) is 0 Å². The predicted octanol–water partition coefficient (Wildman–Crippen LogP) is 1.14.